The SMILES string of the molecule is OC(CCC1OCCO1)c1ccccc1C(F)(F)F. The summed E-state index contributed by atoms with van der Waals surface area (Å²) in [7, 11) is 0. The van der Waals surface area contributed by atoms with Gasteiger partial charge < -0.3 is 14.6 Å². The van der Waals surface area contributed by atoms with E-state index in [1.54, 1.807) is 0 Å². The molecule has 1 fully saturated rings. The summed E-state index contributed by atoms with van der Waals surface area (Å²) in [4.78, 5) is 0. The molecule has 1 atom stereocenters. The number of ether oxygens (including phenoxy) is 2. The predicted octanol–water partition coefficient (Wildman–Crippen LogP) is 2.89. The molecule has 1 aliphatic heterocycles. The van der Waals surface area contributed by atoms with Crippen LogP contribution < -0.4 is 0 Å². The van der Waals surface area contributed by atoms with Crippen LogP contribution >= 0.6 is 0 Å². The van der Waals surface area contributed by atoms with Crippen LogP contribution in [0.15, 0.2) is 24.3 Å². The zero-order chi connectivity index (χ0) is 13.9. The van der Waals surface area contributed by atoms with Crippen LogP contribution in [0, 0.1) is 0 Å². The van der Waals surface area contributed by atoms with Crippen molar-refractivity contribution in [3.05, 3.63) is 35.4 Å². The highest BCUT2D eigenvalue weighted by atomic mass is 19.4. The summed E-state index contributed by atoms with van der Waals surface area (Å²) >= 11 is 0. The van der Waals surface area contributed by atoms with Crippen molar-refractivity contribution in [1.82, 2.24) is 0 Å². The van der Waals surface area contributed by atoms with Gasteiger partial charge in [0.25, 0.3) is 0 Å². The summed E-state index contributed by atoms with van der Waals surface area (Å²) in [5.74, 6) is 0. The van der Waals surface area contributed by atoms with Gasteiger partial charge in [0.05, 0.1) is 24.9 Å². The summed E-state index contributed by atoms with van der Waals surface area (Å²) in [5.41, 5.74) is -0.899. The molecule has 1 aromatic rings. The van der Waals surface area contributed by atoms with Gasteiger partial charge >= 0.3 is 6.18 Å². The maximum Gasteiger partial charge on any atom is 0.416 e. The van der Waals surface area contributed by atoms with E-state index in [1.807, 2.05) is 0 Å². The zero-order valence-corrected chi connectivity index (χ0v) is 10.2. The topological polar surface area (TPSA) is 38.7 Å². The number of aliphatic hydroxyl groups is 1. The van der Waals surface area contributed by atoms with Crippen LogP contribution in [0.1, 0.15) is 30.1 Å². The number of benzene rings is 1. The molecule has 6 heteroatoms. The quantitative estimate of drug-likeness (QED) is 0.919. The van der Waals surface area contributed by atoms with Gasteiger partial charge in [0.15, 0.2) is 6.29 Å². The molecule has 0 aromatic heterocycles. The molecule has 106 valence electrons. The van der Waals surface area contributed by atoms with E-state index in [2.05, 4.69) is 0 Å². The lowest BCUT2D eigenvalue weighted by molar-refractivity contribution is -0.139. The van der Waals surface area contributed by atoms with Crippen molar-refractivity contribution in [3.63, 3.8) is 0 Å². The molecule has 1 heterocycles. The first-order valence-corrected chi connectivity index (χ1v) is 6.06. The lowest BCUT2D eigenvalue weighted by atomic mass is 9.98. The smallest absolute Gasteiger partial charge is 0.388 e. The molecular formula is C13H15F3O3. The zero-order valence-electron chi connectivity index (χ0n) is 10.2. The Morgan fingerprint density at radius 2 is 1.84 bits per heavy atom. The van der Waals surface area contributed by atoms with Gasteiger partial charge in [-0.15, -0.1) is 0 Å². The van der Waals surface area contributed by atoms with Crippen LogP contribution in [0.4, 0.5) is 13.2 Å². The third kappa shape index (κ3) is 3.68. The van der Waals surface area contributed by atoms with Gasteiger partial charge in [0, 0.05) is 6.42 Å². The summed E-state index contributed by atoms with van der Waals surface area (Å²) in [6.45, 7) is 0.972. The second-order valence-corrected chi connectivity index (χ2v) is 4.35. The number of halogens is 3. The van der Waals surface area contributed by atoms with Crippen molar-refractivity contribution in [2.45, 2.75) is 31.4 Å². The lowest BCUT2D eigenvalue weighted by Crippen LogP contribution is -2.14. The van der Waals surface area contributed by atoms with Gasteiger partial charge in [-0.25, -0.2) is 0 Å². The number of hydrogen-bond acceptors (Lipinski definition) is 3. The second-order valence-electron chi connectivity index (χ2n) is 4.35. The van der Waals surface area contributed by atoms with Crippen LogP contribution in [0.5, 0.6) is 0 Å². The van der Waals surface area contributed by atoms with E-state index in [9.17, 15) is 18.3 Å². The maximum absolute atomic E-state index is 12.8. The van der Waals surface area contributed by atoms with Crippen LogP contribution in [-0.4, -0.2) is 24.6 Å². The molecule has 1 aromatic carbocycles. The molecule has 19 heavy (non-hydrogen) atoms. The van der Waals surface area contributed by atoms with Crippen molar-refractivity contribution >= 4 is 0 Å². The number of hydrogen-bond donors (Lipinski definition) is 1. The minimum absolute atomic E-state index is 0.104. The molecule has 0 spiro atoms. The number of rotatable bonds is 4. The lowest BCUT2D eigenvalue weighted by Gasteiger charge is -2.18. The van der Waals surface area contributed by atoms with E-state index in [-0.39, 0.29) is 12.0 Å². The van der Waals surface area contributed by atoms with E-state index in [4.69, 9.17) is 9.47 Å². The Balaban J connectivity index is 2.03. The fourth-order valence-corrected chi connectivity index (χ4v) is 2.07. The largest absolute Gasteiger partial charge is 0.416 e. The van der Waals surface area contributed by atoms with Crippen molar-refractivity contribution in [2.24, 2.45) is 0 Å². The van der Waals surface area contributed by atoms with Gasteiger partial charge in [-0.3, -0.25) is 0 Å². The number of aliphatic hydroxyl groups excluding tert-OH is 1. The Kier molecular flexibility index (Phi) is 4.44. The molecule has 0 amide bonds. The molecule has 1 saturated heterocycles. The Morgan fingerprint density at radius 3 is 2.47 bits per heavy atom. The van der Waals surface area contributed by atoms with Gasteiger partial charge in [-0.1, -0.05) is 18.2 Å². The van der Waals surface area contributed by atoms with Gasteiger partial charge in [0.2, 0.25) is 0 Å². The second kappa shape index (κ2) is 5.90. The minimum Gasteiger partial charge on any atom is -0.388 e. The first-order chi connectivity index (χ1) is 8.98. The van der Waals surface area contributed by atoms with Gasteiger partial charge in [-0.05, 0) is 18.1 Å². The Bertz CT molecular complexity index is 414. The average molecular weight is 276 g/mol. The minimum atomic E-state index is -4.46. The molecule has 1 aliphatic rings. The molecule has 0 saturated carbocycles. The van der Waals surface area contributed by atoms with E-state index in [1.165, 1.54) is 18.2 Å². The van der Waals surface area contributed by atoms with Crippen molar-refractivity contribution < 1.29 is 27.8 Å². The van der Waals surface area contributed by atoms with Crippen LogP contribution in [0.25, 0.3) is 0 Å². The molecule has 1 unspecified atom stereocenters. The summed E-state index contributed by atoms with van der Waals surface area (Å²) in [5, 5.41) is 9.91. The van der Waals surface area contributed by atoms with Crippen molar-refractivity contribution in [3.8, 4) is 0 Å². The molecule has 0 radical (unpaired) electrons. The Hall–Kier alpha value is -1.11. The highest BCUT2D eigenvalue weighted by Crippen LogP contribution is 2.35. The Labute approximate surface area is 108 Å². The van der Waals surface area contributed by atoms with Crippen molar-refractivity contribution in [2.75, 3.05) is 13.2 Å². The molecule has 0 bridgehead atoms. The third-order valence-corrected chi connectivity index (χ3v) is 2.99. The first-order valence-electron chi connectivity index (χ1n) is 6.06. The van der Waals surface area contributed by atoms with Crippen LogP contribution in [-0.2, 0) is 15.7 Å². The fraction of sp³-hybridized carbons (Fsp3) is 0.538. The highest BCUT2D eigenvalue weighted by molar-refractivity contribution is 5.31. The molecule has 2 rings (SSSR count). The fourth-order valence-electron chi connectivity index (χ4n) is 2.07. The van der Waals surface area contributed by atoms with E-state index >= 15 is 0 Å². The van der Waals surface area contributed by atoms with E-state index in [0.29, 0.717) is 19.6 Å². The van der Waals surface area contributed by atoms with Crippen LogP contribution in [0.2, 0.25) is 0 Å². The predicted molar refractivity (Wildman–Crippen MR) is 61.3 cm³/mol. The Morgan fingerprint density at radius 1 is 1.21 bits per heavy atom. The summed E-state index contributed by atoms with van der Waals surface area (Å²) < 4.78 is 48.7. The maximum atomic E-state index is 12.8. The first kappa shape index (κ1) is 14.3. The molecule has 1 N–H and O–H groups in total. The van der Waals surface area contributed by atoms with Gasteiger partial charge in [-0.2, -0.15) is 13.2 Å². The molecule has 0 aliphatic carbocycles. The monoisotopic (exact) mass is 276 g/mol. The van der Waals surface area contributed by atoms with Crippen molar-refractivity contribution in [1.29, 1.82) is 0 Å². The molecule has 3 nitrogen and oxygen atoms in total. The summed E-state index contributed by atoms with van der Waals surface area (Å²) in [6, 6.07) is 5.06. The normalized spacial score (nSPS) is 18.7. The average Bonchev–Trinajstić information content (AvgIpc) is 2.88. The number of alkyl halides is 3. The third-order valence-electron chi connectivity index (χ3n) is 2.99. The summed E-state index contributed by atoms with van der Waals surface area (Å²) in [6.07, 6.45) is -5.53. The molecular weight excluding hydrogens is 261 g/mol. The van der Waals surface area contributed by atoms with Gasteiger partial charge in [0.1, 0.15) is 0 Å². The van der Waals surface area contributed by atoms with E-state index in [0.717, 1.165) is 6.07 Å². The highest BCUT2D eigenvalue weighted by Gasteiger charge is 2.34. The standard InChI is InChI=1S/C13H15F3O3/c14-13(15,16)10-4-2-1-3-9(10)11(17)5-6-12-18-7-8-19-12/h1-4,11-12,17H,5-8H2. The van der Waals surface area contributed by atoms with E-state index < -0.39 is 24.1 Å². The van der Waals surface area contributed by atoms with Crippen LogP contribution in [0.3, 0.4) is 0 Å².